The van der Waals surface area contributed by atoms with Gasteiger partial charge in [0.25, 0.3) is 0 Å². The van der Waals surface area contributed by atoms with Crippen LogP contribution in [0.4, 0.5) is 5.69 Å². The van der Waals surface area contributed by atoms with Crippen molar-refractivity contribution in [2.75, 3.05) is 18.1 Å². The lowest BCUT2D eigenvalue weighted by molar-refractivity contribution is 0.113. The van der Waals surface area contributed by atoms with Crippen LogP contribution >= 0.6 is 11.8 Å². The molecule has 6 heteroatoms. The molecule has 1 atom stereocenters. The van der Waals surface area contributed by atoms with Gasteiger partial charge in [-0.3, -0.25) is 0 Å². The second-order valence-electron chi connectivity index (χ2n) is 3.60. The van der Waals surface area contributed by atoms with Crippen LogP contribution in [0, 0.1) is 0 Å². The van der Waals surface area contributed by atoms with E-state index in [0.29, 0.717) is 11.4 Å². The van der Waals surface area contributed by atoms with E-state index in [4.69, 9.17) is 10.8 Å². The number of thioether (sulfide) groups is 1. The molecule has 0 saturated heterocycles. The molecule has 90 valence electrons. The van der Waals surface area contributed by atoms with Gasteiger partial charge >= 0.3 is 0 Å². The normalized spacial score (nSPS) is 12.8. The number of hydrogen-bond donors (Lipinski definition) is 3. The van der Waals surface area contributed by atoms with Gasteiger partial charge in [-0.1, -0.05) is 0 Å². The monoisotopic (exact) mass is 251 g/mol. The molecular formula is C11H13N3O2S. The Balaban J connectivity index is 2.30. The number of nitrogens with zero attached hydrogens (tertiary/aromatic N) is 2. The van der Waals surface area contributed by atoms with Crippen molar-refractivity contribution >= 4 is 28.4 Å². The minimum Gasteiger partial charge on any atom is -0.399 e. The second-order valence-corrected chi connectivity index (χ2v) is 4.61. The number of benzene rings is 1. The van der Waals surface area contributed by atoms with Crippen molar-refractivity contribution in [2.24, 2.45) is 0 Å². The molecular weight excluding hydrogens is 238 g/mol. The van der Waals surface area contributed by atoms with Crippen LogP contribution in [0.25, 0.3) is 10.9 Å². The Labute approximate surface area is 103 Å². The highest BCUT2D eigenvalue weighted by Crippen LogP contribution is 2.26. The Kier molecular flexibility index (Phi) is 3.78. The quantitative estimate of drug-likeness (QED) is 0.420. The number of rotatable bonds is 4. The Morgan fingerprint density at radius 1 is 1.35 bits per heavy atom. The lowest BCUT2D eigenvalue weighted by Gasteiger charge is -2.08. The maximum absolute atomic E-state index is 9.31. The summed E-state index contributed by atoms with van der Waals surface area (Å²) in [6.07, 6.45) is 0.734. The molecule has 17 heavy (non-hydrogen) atoms. The first kappa shape index (κ1) is 12.1. The smallest absolute Gasteiger partial charge is 0.117 e. The van der Waals surface area contributed by atoms with Crippen LogP contribution in [0.2, 0.25) is 0 Å². The molecule has 2 aromatic rings. The lowest BCUT2D eigenvalue weighted by atomic mass is 10.2. The number of nitrogens with two attached hydrogens (primary N) is 1. The summed E-state index contributed by atoms with van der Waals surface area (Å²) in [7, 11) is 0. The molecule has 1 heterocycles. The molecule has 0 aliphatic heterocycles. The van der Waals surface area contributed by atoms with Gasteiger partial charge in [0.2, 0.25) is 0 Å². The summed E-state index contributed by atoms with van der Waals surface area (Å²) in [5.41, 5.74) is 7.19. The van der Waals surface area contributed by atoms with Crippen molar-refractivity contribution in [2.45, 2.75) is 11.1 Å². The van der Waals surface area contributed by atoms with E-state index in [1.54, 1.807) is 6.07 Å². The Morgan fingerprint density at radius 3 is 2.94 bits per heavy atom. The molecule has 0 aliphatic carbocycles. The van der Waals surface area contributed by atoms with Gasteiger partial charge in [-0.25, -0.2) is 9.97 Å². The molecule has 1 aromatic heterocycles. The third kappa shape index (κ3) is 2.85. The van der Waals surface area contributed by atoms with E-state index in [-0.39, 0.29) is 6.61 Å². The second kappa shape index (κ2) is 5.31. The van der Waals surface area contributed by atoms with Gasteiger partial charge < -0.3 is 15.9 Å². The standard InChI is InChI=1S/C11H13N3O2S/c12-7-1-2-10-9(3-7)11(14-6-13-10)17-5-8(16)4-15/h1-3,6,8,15-16H,4-5,12H2. The summed E-state index contributed by atoms with van der Waals surface area (Å²) in [6, 6.07) is 5.42. The van der Waals surface area contributed by atoms with Gasteiger partial charge in [0.1, 0.15) is 11.4 Å². The highest BCUT2D eigenvalue weighted by molar-refractivity contribution is 7.99. The van der Waals surface area contributed by atoms with Crippen molar-refractivity contribution in [1.82, 2.24) is 9.97 Å². The van der Waals surface area contributed by atoms with E-state index in [9.17, 15) is 5.11 Å². The number of aromatic nitrogens is 2. The predicted molar refractivity (Wildman–Crippen MR) is 67.8 cm³/mol. The summed E-state index contributed by atoms with van der Waals surface area (Å²) in [4.78, 5) is 8.30. The Hall–Kier alpha value is -1.37. The van der Waals surface area contributed by atoms with Crippen molar-refractivity contribution in [1.29, 1.82) is 0 Å². The van der Waals surface area contributed by atoms with Crippen LogP contribution in [0.3, 0.4) is 0 Å². The average molecular weight is 251 g/mol. The predicted octanol–water partition coefficient (Wildman–Crippen LogP) is 0.657. The number of aliphatic hydroxyl groups excluding tert-OH is 2. The van der Waals surface area contributed by atoms with Gasteiger partial charge in [-0.2, -0.15) is 0 Å². The van der Waals surface area contributed by atoms with E-state index in [1.807, 2.05) is 12.1 Å². The molecule has 0 bridgehead atoms. The van der Waals surface area contributed by atoms with Gasteiger partial charge in [0.15, 0.2) is 0 Å². The molecule has 0 spiro atoms. The third-order valence-electron chi connectivity index (χ3n) is 2.25. The number of aliphatic hydroxyl groups is 2. The van der Waals surface area contributed by atoms with E-state index >= 15 is 0 Å². The Bertz CT molecular complexity index is 521. The van der Waals surface area contributed by atoms with Crippen LogP contribution in [-0.2, 0) is 0 Å². The minimum absolute atomic E-state index is 0.252. The fourth-order valence-electron chi connectivity index (χ4n) is 1.39. The van der Waals surface area contributed by atoms with Gasteiger partial charge in [0.05, 0.1) is 18.2 Å². The maximum atomic E-state index is 9.31. The van der Waals surface area contributed by atoms with Crippen molar-refractivity contribution in [3.05, 3.63) is 24.5 Å². The first-order chi connectivity index (χ1) is 8.20. The highest BCUT2D eigenvalue weighted by Gasteiger charge is 2.08. The summed E-state index contributed by atoms with van der Waals surface area (Å²) >= 11 is 1.37. The Morgan fingerprint density at radius 2 is 2.18 bits per heavy atom. The molecule has 2 rings (SSSR count). The summed E-state index contributed by atoms with van der Waals surface area (Å²) in [5.74, 6) is 0.386. The SMILES string of the molecule is Nc1ccc2ncnc(SCC(O)CO)c2c1. The van der Waals surface area contributed by atoms with Crippen LogP contribution in [0.15, 0.2) is 29.6 Å². The van der Waals surface area contributed by atoms with Crippen LogP contribution in [-0.4, -0.2) is 38.6 Å². The molecule has 1 aromatic carbocycles. The van der Waals surface area contributed by atoms with Gasteiger partial charge in [-0.15, -0.1) is 11.8 Å². The zero-order valence-corrected chi connectivity index (χ0v) is 9.89. The number of fused-ring (bicyclic) bond motifs is 1. The van der Waals surface area contributed by atoms with E-state index in [2.05, 4.69) is 9.97 Å². The van der Waals surface area contributed by atoms with Crippen LogP contribution in [0.5, 0.6) is 0 Å². The summed E-state index contributed by atoms with van der Waals surface area (Å²) < 4.78 is 0. The molecule has 1 unspecified atom stereocenters. The molecule has 0 amide bonds. The topological polar surface area (TPSA) is 92.3 Å². The van der Waals surface area contributed by atoms with Crippen molar-refractivity contribution in [3.63, 3.8) is 0 Å². The zero-order valence-electron chi connectivity index (χ0n) is 9.08. The van der Waals surface area contributed by atoms with Crippen LogP contribution < -0.4 is 5.73 Å². The zero-order chi connectivity index (χ0) is 12.3. The molecule has 4 N–H and O–H groups in total. The van der Waals surface area contributed by atoms with Crippen molar-refractivity contribution in [3.8, 4) is 0 Å². The lowest BCUT2D eigenvalue weighted by Crippen LogP contribution is -2.14. The van der Waals surface area contributed by atoms with E-state index in [1.165, 1.54) is 18.1 Å². The number of nitrogen functional groups attached to an aromatic ring is 1. The van der Waals surface area contributed by atoms with E-state index < -0.39 is 6.10 Å². The molecule has 0 fully saturated rings. The summed E-state index contributed by atoms with van der Waals surface area (Å²) in [6.45, 7) is -0.252. The molecule has 0 aliphatic rings. The fourth-order valence-corrected chi connectivity index (χ4v) is 2.29. The first-order valence-electron chi connectivity index (χ1n) is 5.12. The maximum Gasteiger partial charge on any atom is 0.117 e. The summed E-state index contributed by atoms with van der Waals surface area (Å²) in [5, 5.41) is 19.7. The molecule has 0 radical (unpaired) electrons. The number of anilines is 1. The molecule has 5 nitrogen and oxygen atoms in total. The van der Waals surface area contributed by atoms with Crippen molar-refractivity contribution < 1.29 is 10.2 Å². The first-order valence-corrected chi connectivity index (χ1v) is 6.11. The third-order valence-corrected chi connectivity index (χ3v) is 3.40. The minimum atomic E-state index is -0.744. The van der Waals surface area contributed by atoms with E-state index in [0.717, 1.165) is 15.9 Å². The van der Waals surface area contributed by atoms with Gasteiger partial charge in [0, 0.05) is 16.8 Å². The average Bonchev–Trinajstić information content (AvgIpc) is 2.35. The van der Waals surface area contributed by atoms with Gasteiger partial charge in [-0.05, 0) is 18.2 Å². The highest BCUT2D eigenvalue weighted by atomic mass is 32.2. The fraction of sp³-hybridized carbons (Fsp3) is 0.273. The number of hydrogen-bond acceptors (Lipinski definition) is 6. The van der Waals surface area contributed by atoms with Crippen LogP contribution in [0.1, 0.15) is 0 Å². The largest absolute Gasteiger partial charge is 0.399 e. The molecule has 0 saturated carbocycles.